The number of halogens is 4. The van der Waals surface area contributed by atoms with E-state index in [1.54, 1.807) is 6.20 Å². The number of hydrogen-bond acceptors (Lipinski definition) is 4. The molecular weight excluding hydrogens is 405 g/mol. The van der Waals surface area contributed by atoms with Crippen LogP contribution in [0.25, 0.3) is 0 Å². The Balaban J connectivity index is 1.99. The third-order valence-corrected chi connectivity index (χ3v) is 6.90. The van der Waals surface area contributed by atoms with Gasteiger partial charge in [-0.2, -0.15) is 17.5 Å². The predicted octanol–water partition coefficient (Wildman–Crippen LogP) is 4.83. The van der Waals surface area contributed by atoms with Gasteiger partial charge < -0.3 is 4.42 Å². The third-order valence-electron chi connectivity index (χ3n) is 4.50. The van der Waals surface area contributed by atoms with Gasteiger partial charge in [0.15, 0.2) is 0 Å². The molecule has 0 N–H and O–H groups in total. The summed E-state index contributed by atoms with van der Waals surface area (Å²) in [6.45, 7) is 2.11. The first-order valence-electron chi connectivity index (χ1n) is 8.47. The van der Waals surface area contributed by atoms with Gasteiger partial charge in [0.05, 0.1) is 16.8 Å². The molecule has 2 aromatic rings. The number of aryl methyl sites for hydroxylation is 1. The summed E-state index contributed by atoms with van der Waals surface area (Å²) in [6, 6.07) is 1.65. The normalized spacial score (nSPS) is 19.4. The second-order valence-corrected chi connectivity index (χ2v) is 8.55. The Morgan fingerprint density at radius 2 is 2.07 bits per heavy atom. The zero-order valence-corrected chi connectivity index (χ0v) is 16.0. The van der Waals surface area contributed by atoms with Crippen LogP contribution in [0.4, 0.5) is 13.2 Å². The maximum atomic E-state index is 13.1. The number of hydrogen-bond donors (Lipinski definition) is 0. The van der Waals surface area contributed by atoms with E-state index in [9.17, 15) is 21.6 Å². The van der Waals surface area contributed by atoms with E-state index < -0.39 is 32.8 Å². The van der Waals surface area contributed by atoms with Crippen molar-refractivity contribution in [3.8, 4) is 0 Å². The van der Waals surface area contributed by atoms with E-state index in [2.05, 4.69) is 4.98 Å². The molecular formula is C17H18ClF3N2O3S. The van der Waals surface area contributed by atoms with Gasteiger partial charge >= 0.3 is 6.18 Å². The van der Waals surface area contributed by atoms with Crippen LogP contribution in [0.15, 0.2) is 33.7 Å². The lowest BCUT2D eigenvalue weighted by atomic mass is 10.1. The molecule has 1 saturated heterocycles. The van der Waals surface area contributed by atoms with Crippen molar-refractivity contribution in [1.29, 1.82) is 0 Å². The number of oxazole rings is 1. The highest BCUT2D eigenvalue weighted by atomic mass is 35.5. The van der Waals surface area contributed by atoms with Gasteiger partial charge in [-0.3, -0.25) is 0 Å². The lowest BCUT2D eigenvalue weighted by Gasteiger charge is -2.33. The SMILES string of the molecule is CCc1cnc(C2CCCCN2S(=O)(=O)c2ccc(C(F)(F)F)cc2Cl)o1. The van der Waals surface area contributed by atoms with Gasteiger partial charge in [-0.1, -0.05) is 24.9 Å². The number of piperidine rings is 1. The molecule has 3 rings (SSSR count). The molecule has 0 spiro atoms. The fraction of sp³-hybridized carbons (Fsp3) is 0.471. The van der Waals surface area contributed by atoms with E-state index in [4.69, 9.17) is 16.0 Å². The van der Waals surface area contributed by atoms with Crippen LogP contribution in [-0.2, 0) is 22.6 Å². The Kier molecular flexibility index (Phi) is 5.56. The number of nitrogens with zero attached hydrogens (tertiary/aromatic N) is 2. The van der Waals surface area contributed by atoms with Crippen molar-refractivity contribution in [2.45, 2.75) is 49.7 Å². The highest BCUT2D eigenvalue weighted by molar-refractivity contribution is 7.89. The van der Waals surface area contributed by atoms with Crippen LogP contribution < -0.4 is 0 Å². The van der Waals surface area contributed by atoms with Gasteiger partial charge in [0.25, 0.3) is 0 Å². The first-order chi connectivity index (χ1) is 12.6. The summed E-state index contributed by atoms with van der Waals surface area (Å²) in [5, 5.41) is -0.462. The van der Waals surface area contributed by atoms with E-state index in [-0.39, 0.29) is 17.3 Å². The molecule has 27 heavy (non-hydrogen) atoms. The smallest absolute Gasteiger partial charge is 0.416 e. The van der Waals surface area contributed by atoms with E-state index in [1.807, 2.05) is 6.92 Å². The average molecular weight is 423 g/mol. The largest absolute Gasteiger partial charge is 0.444 e. The minimum absolute atomic E-state index is 0.216. The van der Waals surface area contributed by atoms with Crippen LogP contribution in [0.5, 0.6) is 0 Å². The van der Waals surface area contributed by atoms with E-state index in [0.717, 1.165) is 18.6 Å². The van der Waals surface area contributed by atoms with Crippen molar-refractivity contribution in [1.82, 2.24) is 9.29 Å². The summed E-state index contributed by atoms with van der Waals surface area (Å²) in [7, 11) is -4.12. The number of benzene rings is 1. The molecule has 148 valence electrons. The van der Waals surface area contributed by atoms with Gasteiger partial charge in [0, 0.05) is 13.0 Å². The summed E-state index contributed by atoms with van der Waals surface area (Å²) in [5.41, 5.74) is -0.998. The zero-order chi connectivity index (χ0) is 19.8. The third kappa shape index (κ3) is 4.00. The quantitative estimate of drug-likeness (QED) is 0.708. The summed E-state index contributed by atoms with van der Waals surface area (Å²) >= 11 is 5.91. The summed E-state index contributed by atoms with van der Waals surface area (Å²) in [4.78, 5) is 3.83. The summed E-state index contributed by atoms with van der Waals surface area (Å²) in [5.74, 6) is 0.929. The molecule has 1 aliphatic rings. The molecule has 0 amide bonds. The van der Waals surface area contributed by atoms with Crippen molar-refractivity contribution in [2.24, 2.45) is 0 Å². The molecule has 1 aromatic heterocycles. The Labute approximate surface area is 160 Å². The molecule has 0 saturated carbocycles. The predicted molar refractivity (Wildman–Crippen MR) is 92.8 cm³/mol. The number of aromatic nitrogens is 1. The number of alkyl halides is 3. The van der Waals surface area contributed by atoms with Crippen LogP contribution in [0.2, 0.25) is 5.02 Å². The molecule has 0 radical (unpaired) electrons. The summed E-state index contributed by atoms with van der Waals surface area (Å²) in [6.07, 6.45) is -0.483. The van der Waals surface area contributed by atoms with E-state index >= 15 is 0 Å². The first-order valence-corrected chi connectivity index (χ1v) is 10.3. The second-order valence-electron chi connectivity index (χ2n) is 6.29. The lowest BCUT2D eigenvalue weighted by molar-refractivity contribution is -0.137. The van der Waals surface area contributed by atoms with Crippen molar-refractivity contribution in [3.05, 3.63) is 46.6 Å². The minimum atomic E-state index is -4.60. The van der Waals surface area contributed by atoms with Crippen LogP contribution in [0, 0.1) is 0 Å². The first kappa shape index (κ1) is 20.2. The van der Waals surface area contributed by atoms with Crippen LogP contribution in [0.3, 0.4) is 0 Å². The molecule has 1 atom stereocenters. The Hall–Kier alpha value is -1.58. The van der Waals surface area contributed by atoms with Crippen molar-refractivity contribution in [3.63, 3.8) is 0 Å². The molecule has 10 heteroatoms. The topological polar surface area (TPSA) is 63.4 Å². The fourth-order valence-electron chi connectivity index (χ4n) is 3.09. The molecule has 0 bridgehead atoms. The molecule has 1 aliphatic heterocycles. The molecule has 1 unspecified atom stereocenters. The molecule has 5 nitrogen and oxygen atoms in total. The van der Waals surface area contributed by atoms with E-state index in [0.29, 0.717) is 31.1 Å². The lowest BCUT2D eigenvalue weighted by Crippen LogP contribution is -2.38. The van der Waals surface area contributed by atoms with E-state index in [1.165, 1.54) is 4.31 Å². The second kappa shape index (κ2) is 7.44. The van der Waals surface area contributed by atoms with Crippen LogP contribution in [-0.4, -0.2) is 24.3 Å². The molecule has 1 fully saturated rings. The highest BCUT2D eigenvalue weighted by Crippen LogP contribution is 2.39. The van der Waals surface area contributed by atoms with Gasteiger partial charge in [-0.15, -0.1) is 0 Å². The Bertz CT molecular complexity index is 928. The Morgan fingerprint density at radius 1 is 1.33 bits per heavy atom. The molecule has 2 heterocycles. The van der Waals surface area contributed by atoms with Gasteiger partial charge in [-0.05, 0) is 31.0 Å². The monoisotopic (exact) mass is 422 g/mol. The van der Waals surface area contributed by atoms with Gasteiger partial charge in [-0.25, -0.2) is 13.4 Å². The Morgan fingerprint density at radius 3 is 2.67 bits per heavy atom. The fourth-order valence-corrected chi connectivity index (χ4v) is 5.26. The maximum Gasteiger partial charge on any atom is 0.416 e. The standard InChI is InChI=1S/C17H18ClF3N2O3S/c1-2-12-10-22-16(26-12)14-5-3-4-8-23(14)27(24,25)15-7-6-11(9-13(15)18)17(19,20)21/h6-7,9-10,14H,2-5,8H2,1H3. The number of sulfonamides is 1. The zero-order valence-electron chi connectivity index (χ0n) is 14.5. The van der Waals surface area contributed by atoms with Gasteiger partial charge in [0.2, 0.25) is 15.9 Å². The average Bonchev–Trinajstić information content (AvgIpc) is 3.09. The maximum absolute atomic E-state index is 13.1. The molecule has 0 aliphatic carbocycles. The summed E-state index contributed by atoms with van der Waals surface area (Å²) < 4.78 is 71.6. The van der Waals surface area contributed by atoms with Crippen molar-refractivity contribution < 1.29 is 26.0 Å². The molecule has 1 aromatic carbocycles. The van der Waals surface area contributed by atoms with Crippen LogP contribution >= 0.6 is 11.6 Å². The van der Waals surface area contributed by atoms with Gasteiger partial charge in [0.1, 0.15) is 16.7 Å². The highest BCUT2D eigenvalue weighted by Gasteiger charge is 2.39. The van der Waals surface area contributed by atoms with Crippen LogP contribution in [0.1, 0.15) is 49.4 Å². The number of rotatable bonds is 4. The van der Waals surface area contributed by atoms with Crippen molar-refractivity contribution in [2.75, 3.05) is 6.54 Å². The minimum Gasteiger partial charge on any atom is -0.444 e. The van der Waals surface area contributed by atoms with Crippen molar-refractivity contribution >= 4 is 21.6 Å².